The number of urea groups is 2. The van der Waals surface area contributed by atoms with E-state index in [1.165, 1.54) is 48.5 Å². The first-order valence-corrected chi connectivity index (χ1v) is 14.3. The number of anilines is 2. The molecular formula is C22H30N6O6S2. The molecule has 2 aromatic carbocycles. The number of benzene rings is 2. The summed E-state index contributed by atoms with van der Waals surface area (Å²) >= 11 is 0. The fraction of sp³-hybridized carbons (Fsp3) is 0.364. The number of rotatable bonds is 8. The zero-order valence-corrected chi connectivity index (χ0v) is 21.1. The standard InChI is InChI=1S/C22H30N6O6S2/c23-35(31,32)19-8-4-17(5-9-19)27-21(29)25-13-15-2-1-3-16(12-15)14-26-22(30)28-18-6-10-20(11-7-18)36(24,33)34/h4-11,15-16H,1-3,12-14H2,(H2,23,31,32)(H2,24,33,34)(H2,25,27,29)(H2,26,28,30)/t15-,16+. The number of hydrogen-bond acceptors (Lipinski definition) is 6. The van der Waals surface area contributed by atoms with Crippen molar-refractivity contribution in [3.8, 4) is 0 Å². The minimum atomic E-state index is -3.79. The van der Waals surface area contributed by atoms with Crippen LogP contribution >= 0.6 is 0 Å². The van der Waals surface area contributed by atoms with E-state index in [2.05, 4.69) is 21.3 Å². The molecule has 2 aromatic rings. The highest BCUT2D eigenvalue weighted by molar-refractivity contribution is 7.89. The third kappa shape index (κ3) is 8.48. The average molecular weight is 539 g/mol. The Labute approximate surface area is 210 Å². The van der Waals surface area contributed by atoms with Crippen molar-refractivity contribution in [3.63, 3.8) is 0 Å². The van der Waals surface area contributed by atoms with Gasteiger partial charge in [0.25, 0.3) is 0 Å². The second-order valence-corrected chi connectivity index (χ2v) is 11.8. The molecule has 36 heavy (non-hydrogen) atoms. The molecule has 0 saturated heterocycles. The van der Waals surface area contributed by atoms with E-state index in [1.54, 1.807) is 0 Å². The van der Waals surface area contributed by atoms with E-state index in [0.29, 0.717) is 24.5 Å². The molecule has 0 spiro atoms. The van der Waals surface area contributed by atoms with E-state index in [-0.39, 0.29) is 21.6 Å². The summed E-state index contributed by atoms with van der Waals surface area (Å²) in [6.07, 6.45) is 3.74. The zero-order chi connectivity index (χ0) is 26.3. The Bertz CT molecular complexity index is 1180. The van der Waals surface area contributed by atoms with Crippen molar-refractivity contribution in [2.45, 2.75) is 35.5 Å². The molecule has 12 nitrogen and oxygen atoms in total. The summed E-state index contributed by atoms with van der Waals surface area (Å²) in [5.41, 5.74) is 0.881. The molecule has 14 heteroatoms. The Morgan fingerprint density at radius 1 is 0.694 bits per heavy atom. The highest BCUT2D eigenvalue weighted by Crippen LogP contribution is 2.28. The second kappa shape index (κ2) is 11.7. The highest BCUT2D eigenvalue weighted by atomic mass is 32.2. The van der Waals surface area contributed by atoms with Crippen LogP contribution in [0.25, 0.3) is 0 Å². The Balaban J connectivity index is 1.39. The van der Waals surface area contributed by atoms with Crippen molar-refractivity contribution < 1.29 is 26.4 Å². The Hall–Kier alpha value is -3.20. The molecular weight excluding hydrogens is 508 g/mol. The van der Waals surface area contributed by atoms with Gasteiger partial charge in [0.2, 0.25) is 20.0 Å². The second-order valence-electron chi connectivity index (χ2n) is 8.71. The largest absolute Gasteiger partial charge is 0.338 e. The smallest absolute Gasteiger partial charge is 0.319 e. The van der Waals surface area contributed by atoms with Crippen LogP contribution in [-0.4, -0.2) is 42.0 Å². The SMILES string of the molecule is NS(=O)(=O)c1ccc(NC(=O)NC[C@H]2CCC[C@@H](CNC(=O)Nc3ccc(S(N)(=O)=O)cc3)C2)cc1. The van der Waals surface area contributed by atoms with Crippen LogP contribution in [0.4, 0.5) is 21.0 Å². The minimum Gasteiger partial charge on any atom is -0.338 e. The number of primary sulfonamides is 2. The predicted octanol–water partition coefficient (Wildman–Crippen LogP) is 1.73. The van der Waals surface area contributed by atoms with Gasteiger partial charge in [0, 0.05) is 24.5 Å². The highest BCUT2D eigenvalue weighted by Gasteiger charge is 2.23. The number of carbonyl (C=O) groups excluding carboxylic acids is 2. The molecule has 0 unspecified atom stereocenters. The number of hydrogen-bond donors (Lipinski definition) is 6. The molecule has 1 saturated carbocycles. The van der Waals surface area contributed by atoms with Crippen LogP contribution in [0.15, 0.2) is 58.3 Å². The van der Waals surface area contributed by atoms with E-state index in [4.69, 9.17) is 10.3 Å². The van der Waals surface area contributed by atoms with Crippen LogP contribution in [0, 0.1) is 11.8 Å². The topological polar surface area (TPSA) is 203 Å². The van der Waals surface area contributed by atoms with Crippen LogP contribution in [-0.2, 0) is 20.0 Å². The normalized spacial score (nSPS) is 18.2. The monoisotopic (exact) mass is 538 g/mol. The lowest BCUT2D eigenvalue weighted by molar-refractivity contribution is 0.230. The number of sulfonamides is 2. The fourth-order valence-electron chi connectivity index (χ4n) is 4.05. The summed E-state index contributed by atoms with van der Waals surface area (Å²) in [6.45, 7) is 0.945. The molecule has 0 heterocycles. The van der Waals surface area contributed by atoms with E-state index in [1.807, 2.05) is 0 Å². The summed E-state index contributed by atoms with van der Waals surface area (Å²) in [4.78, 5) is 24.3. The molecule has 1 fully saturated rings. The molecule has 196 valence electrons. The first-order valence-electron chi connectivity index (χ1n) is 11.3. The van der Waals surface area contributed by atoms with Gasteiger partial charge in [-0.2, -0.15) is 0 Å². The van der Waals surface area contributed by atoms with Crippen molar-refractivity contribution in [1.29, 1.82) is 0 Å². The number of nitrogens with two attached hydrogens (primary N) is 2. The molecule has 0 aromatic heterocycles. The zero-order valence-electron chi connectivity index (χ0n) is 19.4. The van der Waals surface area contributed by atoms with Gasteiger partial charge < -0.3 is 21.3 Å². The Kier molecular flexibility index (Phi) is 8.89. The average Bonchev–Trinajstić information content (AvgIpc) is 2.81. The van der Waals surface area contributed by atoms with Crippen LogP contribution in [0.1, 0.15) is 25.7 Å². The van der Waals surface area contributed by atoms with Gasteiger partial charge in [-0.05, 0) is 79.6 Å². The summed E-state index contributed by atoms with van der Waals surface area (Å²) in [5.74, 6) is 0.518. The fourth-order valence-corrected chi connectivity index (χ4v) is 5.08. The minimum absolute atomic E-state index is 0.0380. The molecule has 1 aliphatic rings. The van der Waals surface area contributed by atoms with Gasteiger partial charge in [0.15, 0.2) is 0 Å². The van der Waals surface area contributed by atoms with Crippen LogP contribution in [0.2, 0.25) is 0 Å². The van der Waals surface area contributed by atoms with Gasteiger partial charge in [0.1, 0.15) is 0 Å². The maximum Gasteiger partial charge on any atom is 0.319 e. The van der Waals surface area contributed by atoms with E-state index in [9.17, 15) is 26.4 Å². The molecule has 0 bridgehead atoms. The van der Waals surface area contributed by atoms with Gasteiger partial charge >= 0.3 is 12.1 Å². The van der Waals surface area contributed by atoms with Gasteiger partial charge in [-0.1, -0.05) is 6.42 Å². The molecule has 1 aliphatic carbocycles. The third-order valence-electron chi connectivity index (χ3n) is 5.88. The van der Waals surface area contributed by atoms with Crippen LogP contribution in [0.5, 0.6) is 0 Å². The Morgan fingerprint density at radius 3 is 1.39 bits per heavy atom. The Morgan fingerprint density at radius 2 is 1.06 bits per heavy atom. The lowest BCUT2D eigenvalue weighted by atomic mass is 9.81. The molecule has 2 atom stereocenters. The maximum atomic E-state index is 12.2. The van der Waals surface area contributed by atoms with Gasteiger partial charge in [-0.3, -0.25) is 0 Å². The molecule has 0 aliphatic heterocycles. The predicted molar refractivity (Wildman–Crippen MR) is 135 cm³/mol. The third-order valence-corrected chi connectivity index (χ3v) is 7.73. The lowest BCUT2D eigenvalue weighted by Gasteiger charge is -2.29. The van der Waals surface area contributed by atoms with Crippen molar-refractivity contribution in [2.24, 2.45) is 22.1 Å². The number of carbonyl (C=O) groups is 2. The van der Waals surface area contributed by atoms with E-state index >= 15 is 0 Å². The molecule has 8 N–H and O–H groups in total. The first kappa shape index (κ1) is 27.4. The maximum absolute atomic E-state index is 12.2. The van der Waals surface area contributed by atoms with Gasteiger partial charge in [0.05, 0.1) is 9.79 Å². The molecule has 0 radical (unpaired) electrons. The van der Waals surface area contributed by atoms with Crippen LogP contribution in [0.3, 0.4) is 0 Å². The van der Waals surface area contributed by atoms with Crippen LogP contribution < -0.4 is 31.5 Å². The van der Waals surface area contributed by atoms with Crippen molar-refractivity contribution >= 4 is 43.5 Å². The summed E-state index contributed by atoms with van der Waals surface area (Å²) in [6, 6.07) is 10.3. The summed E-state index contributed by atoms with van der Waals surface area (Å²) in [7, 11) is -7.59. The number of nitrogens with one attached hydrogen (secondary N) is 4. The quantitative estimate of drug-likeness (QED) is 0.295. The molecule has 3 rings (SSSR count). The van der Waals surface area contributed by atoms with Gasteiger partial charge in [-0.15, -0.1) is 0 Å². The van der Waals surface area contributed by atoms with Crippen molar-refractivity contribution in [2.75, 3.05) is 23.7 Å². The lowest BCUT2D eigenvalue weighted by Crippen LogP contribution is -2.38. The summed E-state index contributed by atoms with van der Waals surface area (Å²) < 4.78 is 45.2. The first-order chi connectivity index (χ1) is 16.9. The van der Waals surface area contributed by atoms with Gasteiger partial charge in [-0.25, -0.2) is 36.7 Å². The molecule has 4 amide bonds. The number of amides is 4. The van der Waals surface area contributed by atoms with Crippen molar-refractivity contribution in [3.05, 3.63) is 48.5 Å². The van der Waals surface area contributed by atoms with E-state index < -0.39 is 32.1 Å². The van der Waals surface area contributed by atoms with E-state index in [0.717, 1.165) is 25.7 Å². The summed E-state index contributed by atoms with van der Waals surface area (Å²) in [5, 5.41) is 21.1. The van der Waals surface area contributed by atoms with Crippen molar-refractivity contribution in [1.82, 2.24) is 10.6 Å².